The van der Waals surface area contributed by atoms with Crippen molar-refractivity contribution in [3.05, 3.63) is 70.8 Å². The number of piperazine rings is 1. The van der Waals surface area contributed by atoms with Crippen LogP contribution in [0.3, 0.4) is 0 Å². The van der Waals surface area contributed by atoms with E-state index >= 15 is 0 Å². The second-order valence-corrected chi connectivity index (χ2v) is 11.4. The van der Waals surface area contributed by atoms with Crippen LogP contribution < -0.4 is 10.6 Å². The van der Waals surface area contributed by atoms with E-state index in [1.54, 1.807) is 19.1 Å². The van der Waals surface area contributed by atoms with Crippen LogP contribution in [0.2, 0.25) is 0 Å². The van der Waals surface area contributed by atoms with E-state index in [1.165, 1.54) is 12.1 Å². The number of aryl methyl sites for hydroxylation is 2. The molecule has 0 spiro atoms. The molecule has 1 fully saturated rings. The Bertz CT molecular complexity index is 1350. The minimum atomic E-state index is -3.96. The van der Waals surface area contributed by atoms with Crippen LogP contribution in [0.5, 0.6) is 0 Å². The lowest BCUT2D eigenvalue weighted by Gasteiger charge is -2.34. The van der Waals surface area contributed by atoms with Crippen LogP contribution >= 0.6 is 0 Å². The molecule has 9 nitrogen and oxygen atoms in total. The van der Waals surface area contributed by atoms with Gasteiger partial charge in [-0.25, -0.2) is 13.2 Å². The predicted octanol–water partition coefficient (Wildman–Crippen LogP) is 2.56. The van der Waals surface area contributed by atoms with Crippen LogP contribution in [0.1, 0.15) is 54.5 Å². The van der Waals surface area contributed by atoms with E-state index in [4.69, 9.17) is 5.11 Å². The molecule has 196 valence electrons. The third-order valence-corrected chi connectivity index (χ3v) is 8.80. The number of fused-ring (bicyclic) bond motifs is 1. The summed E-state index contributed by atoms with van der Waals surface area (Å²) in [6.07, 6.45) is 3.23. The number of nitrogens with one attached hydrogen (secondary N) is 2. The van der Waals surface area contributed by atoms with Crippen molar-refractivity contribution in [3.8, 4) is 0 Å². The lowest BCUT2D eigenvalue weighted by atomic mass is 9.85. The monoisotopic (exact) mass is 525 g/mol. The first kappa shape index (κ1) is 26.6. The molecular formula is C27H31N3O6S. The largest absolute Gasteiger partial charge is 0.478 e. The SMILES string of the molecule is C/C(=C\C(=O)O)c1ccc2c(c1)CCC[C@H]2NC(=O)C[C@H]1C(=O)NCCN1S(=O)(=O)c1ccc(C)cc1. The molecular weight excluding hydrogens is 494 g/mol. The third kappa shape index (κ3) is 5.91. The third-order valence-electron chi connectivity index (χ3n) is 6.88. The topological polar surface area (TPSA) is 133 Å². The molecule has 2 amide bonds. The maximum absolute atomic E-state index is 13.3. The highest BCUT2D eigenvalue weighted by molar-refractivity contribution is 7.89. The van der Waals surface area contributed by atoms with E-state index in [1.807, 2.05) is 25.1 Å². The van der Waals surface area contributed by atoms with E-state index in [9.17, 15) is 22.8 Å². The van der Waals surface area contributed by atoms with Gasteiger partial charge in [0, 0.05) is 19.2 Å². The Morgan fingerprint density at radius 1 is 1.19 bits per heavy atom. The normalized spacial score (nSPS) is 20.6. The van der Waals surface area contributed by atoms with Crippen molar-refractivity contribution < 1.29 is 27.9 Å². The van der Waals surface area contributed by atoms with Gasteiger partial charge in [0.1, 0.15) is 6.04 Å². The number of carbonyl (C=O) groups excluding carboxylic acids is 2. The van der Waals surface area contributed by atoms with Gasteiger partial charge in [-0.1, -0.05) is 35.9 Å². The van der Waals surface area contributed by atoms with E-state index in [0.717, 1.165) is 45.5 Å². The first-order chi connectivity index (χ1) is 17.6. The van der Waals surface area contributed by atoms with Gasteiger partial charge in [-0.05, 0) is 67.5 Å². The van der Waals surface area contributed by atoms with Crippen molar-refractivity contribution in [2.45, 2.75) is 56.5 Å². The second-order valence-electron chi connectivity index (χ2n) is 9.53. The van der Waals surface area contributed by atoms with Crippen LogP contribution in [0.15, 0.2) is 53.4 Å². The Labute approximate surface area is 216 Å². The van der Waals surface area contributed by atoms with E-state index in [0.29, 0.717) is 12.0 Å². The molecule has 1 aliphatic carbocycles. The minimum Gasteiger partial charge on any atom is -0.478 e. The first-order valence-electron chi connectivity index (χ1n) is 12.3. The van der Waals surface area contributed by atoms with E-state index < -0.39 is 33.8 Å². The summed E-state index contributed by atoms with van der Waals surface area (Å²) in [6.45, 7) is 3.86. The molecule has 10 heteroatoms. The number of hydrogen-bond acceptors (Lipinski definition) is 5. The molecule has 1 heterocycles. The van der Waals surface area contributed by atoms with Gasteiger partial charge in [-0.2, -0.15) is 4.31 Å². The summed E-state index contributed by atoms with van der Waals surface area (Å²) in [5, 5.41) is 14.7. The van der Waals surface area contributed by atoms with Gasteiger partial charge in [-0.15, -0.1) is 0 Å². The fourth-order valence-electron chi connectivity index (χ4n) is 4.93. The molecule has 1 aliphatic heterocycles. The summed E-state index contributed by atoms with van der Waals surface area (Å²) in [5.41, 5.74) is 4.35. The van der Waals surface area contributed by atoms with Gasteiger partial charge < -0.3 is 15.7 Å². The molecule has 3 N–H and O–H groups in total. The number of carboxylic acid groups (broad SMARTS) is 1. The summed E-state index contributed by atoms with van der Waals surface area (Å²) >= 11 is 0. The molecule has 4 rings (SSSR count). The molecule has 1 saturated heterocycles. The van der Waals surface area contributed by atoms with Crippen molar-refractivity contribution in [2.24, 2.45) is 0 Å². The van der Waals surface area contributed by atoms with Crippen LogP contribution in [-0.4, -0.2) is 54.7 Å². The zero-order valence-electron chi connectivity index (χ0n) is 20.9. The minimum absolute atomic E-state index is 0.0815. The summed E-state index contributed by atoms with van der Waals surface area (Å²) in [6, 6.07) is 10.7. The van der Waals surface area contributed by atoms with Crippen molar-refractivity contribution >= 4 is 33.4 Å². The molecule has 2 atom stereocenters. The highest BCUT2D eigenvalue weighted by Crippen LogP contribution is 2.32. The van der Waals surface area contributed by atoms with Crippen LogP contribution in [0.25, 0.3) is 5.57 Å². The number of carbonyl (C=O) groups is 3. The maximum Gasteiger partial charge on any atom is 0.328 e. The lowest BCUT2D eigenvalue weighted by Crippen LogP contribution is -2.58. The molecule has 2 aromatic carbocycles. The molecule has 2 aliphatic rings. The molecule has 0 aromatic heterocycles. The summed E-state index contributed by atoms with van der Waals surface area (Å²) in [7, 11) is -3.96. The van der Waals surface area contributed by atoms with Gasteiger partial charge in [0.25, 0.3) is 0 Å². The Morgan fingerprint density at radius 2 is 1.92 bits per heavy atom. The van der Waals surface area contributed by atoms with Crippen LogP contribution in [0.4, 0.5) is 0 Å². The number of sulfonamides is 1. The number of benzene rings is 2. The molecule has 0 saturated carbocycles. The highest BCUT2D eigenvalue weighted by atomic mass is 32.2. The van der Waals surface area contributed by atoms with Crippen molar-refractivity contribution in [1.82, 2.24) is 14.9 Å². The first-order valence-corrected chi connectivity index (χ1v) is 13.7. The summed E-state index contributed by atoms with van der Waals surface area (Å²) in [5.74, 6) is -1.91. The average Bonchev–Trinajstić information content (AvgIpc) is 2.85. The number of hydrogen-bond donors (Lipinski definition) is 3. The fraction of sp³-hybridized carbons (Fsp3) is 0.370. The number of amides is 2. The van der Waals surface area contributed by atoms with E-state index in [2.05, 4.69) is 10.6 Å². The molecule has 0 unspecified atom stereocenters. The molecule has 0 radical (unpaired) electrons. The van der Waals surface area contributed by atoms with Gasteiger partial charge >= 0.3 is 5.97 Å². The van der Waals surface area contributed by atoms with Crippen LogP contribution in [0, 0.1) is 6.92 Å². The quantitative estimate of drug-likeness (QED) is 0.476. The van der Waals surface area contributed by atoms with Crippen molar-refractivity contribution in [2.75, 3.05) is 13.1 Å². The van der Waals surface area contributed by atoms with Gasteiger partial charge in [0.15, 0.2) is 0 Å². The predicted molar refractivity (Wildman–Crippen MR) is 138 cm³/mol. The van der Waals surface area contributed by atoms with Crippen molar-refractivity contribution in [1.29, 1.82) is 0 Å². The van der Waals surface area contributed by atoms with Crippen molar-refractivity contribution in [3.63, 3.8) is 0 Å². The fourth-order valence-corrected chi connectivity index (χ4v) is 6.52. The summed E-state index contributed by atoms with van der Waals surface area (Å²) in [4.78, 5) is 36.9. The highest BCUT2D eigenvalue weighted by Gasteiger charge is 2.40. The Kier molecular flexibility index (Phi) is 7.79. The molecule has 37 heavy (non-hydrogen) atoms. The number of aliphatic carboxylic acids is 1. The summed E-state index contributed by atoms with van der Waals surface area (Å²) < 4.78 is 27.8. The van der Waals surface area contributed by atoms with Gasteiger partial charge in [-0.3, -0.25) is 9.59 Å². The van der Waals surface area contributed by atoms with Gasteiger partial charge in [0.2, 0.25) is 21.8 Å². The number of rotatable bonds is 7. The van der Waals surface area contributed by atoms with Gasteiger partial charge in [0.05, 0.1) is 17.4 Å². The zero-order chi connectivity index (χ0) is 26.7. The second kappa shape index (κ2) is 10.9. The zero-order valence-corrected chi connectivity index (χ0v) is 21.7. The lowest BCUT2D eigenvalue weighted by molar-refractivity contribution is -0.132. The smallest absolute Gasteiger partial charge is 0.328 e. The number of allylic oxidation sites excluding steroid dienone is 1. The molecule has 2 aromatic rings. The average molecular weight is 526 g/mol. The van der Waals surface area contributed by atoms with Crippen LogP contribution in [-0.2, 0) is 30.8 Å². The Balaban J connectivity index is 1.51. The maximum atomic E-state index is 13.3. The Morgan fingerprint density at radius 3 is 2.62 bits per heavy atom. The Hall–Kier alpha value is -3.50. The molecule has 0 bridgehead atoms. The van der Waals surface area contributed by atoms with E-state index in [-0.39, 0.29) is 30.4 Å². The number of carboxylic acids is 1. The number of nitrogens with zero attached hydrogens (tertiary/aromatic N) is 1. The standard InChI is InChI=1S/C27H31N3O6S/c1-17-6-9-21(10-7-17)37(35,36)30-13-12-28-27(34)24(30)16-25(31)29-23-5-3-4-20-15-19(8-11-22(20)23)18(2)14-26(32)33/h6-11,14-15,23-24H,3-5,12-13,16H2,1-2H3,(H,28,34)(H,29,31)(H,32,33)/b18-14+/t23-,24+/m1/s1.